The first-order valence-electron chi connectivity index (χ1n) is 7.11. The van der Waals surface area contributed by atoms with Crippen LogP contribution in [0, 0.1) is 0 Å². The van der Waals surface area contributed by atoms with E-state index in [9.17, 15) is 22.8 Å². The van der Waals surface area contributed by atoms with E-state index in [2.05, 4.69) is 16.3 Å². The Morgan fingerprint density at radius 2 is 2.17 bits per heavy atom. The summed E-state index contributed by atoms with van der Waals surface area (Å²) in [7, 11) is 1.57. The van der Waals surface area contributed by atoms with E-state index in [4.69, 9.17) is 0 Å². The highest BCUT2D eigenvalue weighted by Gasteiger charge is 2.32. The monoisotopic (exact) mass is 343 g/mol. The largest absolute Gasteiger partial charge is 0.573 e. The highest BCUT2D eigenvalue weighted by atomic mass is 19.4. The van der Waals surface area contributed by atoms with Gasteiger partial charge in [-0.1, -0.05) is 6.58 Å². The Kier molecular flexibility index (Phi) is 5.10. The number of halogens is 3. The number of hydrogen-bond donors (Lipinski definition) is 0. The second-order valence-corrected chi connectivity index (χ2v) is 5.27. The van der Waals surface area contributed by atoms with Gasteiger partial charge in [0, 0.05) is 20.1 Å². The molecule has 2 amide bonds. The first kappa shape index (κ1) is 17.8. The molecule has 1 aliphatic heterocycles. The summed E-state index contributed by atoms with van der Waals surface area (Å²) in [5, 5.41) is 0. The summed E-state index contributed by atoms with van der Waals surface area (Å²) in [6.45, 7) is 4.31. The zero-order chi connectivity index (χ0) is 17.9. The van der Waals surface area contributed by atoms with E-state index in [1.54, 1.807) is 11.9 Å². The quantitative estimate of drug-likeness (QED) is 0.783. The minimum Gasteiger partial charge on any atom is -0.404 e. The number of aromatic nitrogens is 1. The molecule has 6 nitrogen and oxygen atoms in total. The molecule has 1 aromatic rings. The molecule has 1 atom stereocenters. The van der Waals surface area contributed by atoms with Crippen LogP contribution in [0.1, 0.15) is 16.9 Å². The smallest absolute Gasteiger partial charge is 0.404 e. The van der Waals surface area contributed by atoms with Crippen molar-refractivity contribution in [1.82, 2.24) is 14.8 Å². The van der Waals surface area contributed by atoms with Crippen LogP contribution < -0.4 is 4.74 Å². The third-order valence-electron chi connectivity index (χ3n) is 3.71. The molecule has 0 aromatic carbocycles. The first-order chi connectivity index (χ1) is 11.2. The maximum absolute atomic E-state index is 12.4. The fourth-order valence-corrected chi connectivity index (χ4v) is 2.43. The van der Waals surface area contributed by atoms with Crippen LogP contribution in [0.3, 0.4) is 0 Å². The first-order valence-corrected chi connectivity index (χ1v) is 7.11. The molecule has 0 spiro atoms. The van der Waals surface area contributed by atoms with Gasteiger partial charge in [-0.2, -0.15) is 0 Å². The summed E-state index contributed by atoms with van der Waals surface area (Å²) < 4.78 is 40.0. The number of likely N-dealkylation sites (N-methyl/N-ethyl adjacent to an activating group) is 1. The number of amides is 2. The summed E-state index contributed by atoms with van der Waals surface area (Å²) >= 11 is 0. The maximum Gasteiger partial charge on any atom is 0.573 e. The number of carbonyl (C=O) groups excluding carboxylic acids is 2. The lowest BCUT2D eigenvalue weighted by molar-refractivity contribution is -0.274. The molecule has 1 aromatic heterocycles. The summed E-state index contributed by atoms with van der Waals surface area (Å²) in [5.41, 5.74) is 0.000483. The highest BCUT2D eigenvalue weighted by molar-refractivity contribution is 5.92. The van der Waals surface area contributed by atoms with Gasteiger partial charge in [0.2, 0.25) is 5.91 Å². The molecule has 1 aliphatic rings. The molecule has 0 saturated carbocycles. The van der Waals surface area contributed by atoms with Crippen molar-refractivity contribution < 1.29 is 27.5 Å². The molecule has 0 radical (unpaired) electrons. The summed E-state index contributed by atoms with van der Waals surface area (Å²) in [5.74, 6) is -1.14. The number of alkyl halides is 3. The molecular weight excluding hydrogens is 327 g/mol. The van der Waals surface area contributed by atoms with E-state index in [0.717, 1.165) is 12.3 Å². The van der Waals surface area contributed by atoms with Crippen LogP contribution in [-0.2, 0) is 4.79 Å². The van der Waals surface area contributed by atoms with Crippen molar-refractivity contribution in [1.29, 1.82) is 0 Å². The molecule has 0 aliphatic carbocycles. The van der Waals surface area contributed by atoms with E-state index >= 15 is 0 Å². The van der Waals surface area contributed by atoms with Gasteiger partial charge in [0.25, 0.3) is 5.91 Å². The molecule has 0 bridgehead atoms. The highest BCUT2D eigenvalue weighted by Crippen LogP contribution is 2.22. The molecule has 0 N–H and O–H groups in total. The number of rotatable bonds is 4. The molecule has 1 fully saturated rings. The van der Waals surface area contributed by atoms with Crippen LogP contribution in [0.5, 0.6) is 5.75 Å². The van der Waals surface area contributed by atoms with E-state index < -0.39 is 18.0 Å². The number of nitrogens with zero attached hydrogens (tertiary/aromatic N) is 3. The molecular formula is C15H16F3N3O3. The molecule has 2 heterocycles. The Hall–Kier alpha value is -2.58. The Labute approximate surface area is 136 Å². The van der Waals surface area contributed by atoms with Gasteiger partial charge < -0.3 is 14.5 Å². The predicted octanol–water partition coefficient (Wildman–Crippen LogP) is 1.84. The van der Waals surface area contributed by atoms with E-state index in [0.29, 0.717) is 19.5 Å². The molecule has 130 valence electrons. The number of ether oxygens (including phenoxy) is 1. The molecule has 0 unspecified atom stereocenters. The van der Waals surface area contributed by atoms with Crippen molar-refractivity contribution in [2.75, 3.05) is 20.1 Å². The van der Waals surface area contributed by atoms with Crippen LogP contribution in [-0.4, -0.2) is 59.1 Å². The van der Waals surface area contributed by atoms with Crippen LogP contribution in [0.4, 0.5) is 13.2 Å². The van der Waals surface area contributed by atoms with Gasteiger partial charge in [0.15, 0.2) is 0 Å². The van der Waals surface area contributed by atoms with Crippen molar-refractivity contribution in [3.63, 3.8) is 0 Å². The van der Waals surface area contributed by atoms with Crippen LogP contribution in [0.2, 0.25) is 0 Å². The van der Waals surface area contributed by atoms with Crippen molar-refractivity contribution in [2.45, 2.75) is 18.8 Å². The predicted molar refractivity (Wildman–Crippen MR) is 78.2 cm³/mol. The van der Waals surface area contributed by atoms with Gasteiger partial charge in [-0.3, -0.25) is 9.59 Å². The second-order valence-electron chi connectivity index (χ2n) is 5.27. The Morgan fingerprint density at radius 1 is 1.46 bits per heavy atom. The van der Waals surface area contributed by atoms with Gasteiger partial charge >= 0.3 is 6.36 Å². The summed E-state index contributed by atoms with van der Waals surface area (Å²) in [4.78, 5) is 30.6. The zero-order valence-electron chi connectivity index (χ0n) is 12.9. The molecule has 9 heteroatoms. The van der Waals surface area contributed by atoms with Crippen molar-refractivity contribution in [2.24, 2.45) is 0 Å². The van der Waals surface area contributed by atoms with Crippen molar-refractivity contribution in [3.8, 4) is 5.75 Å². The number of hydrogen-bond acceptors (Lipinski definition) is 4. The van der Waals surface area contributed by atoms with E-state index in [1.165, 1.54) is 17.0 Å². The van der Waals surface area contributed by atoms with Crippen molar-refractivity contribution >= 4 is 11.8 Å². The van der Waals surface area contributed by atoms with Crippen LogP contribution in [0.15, 0.2) is 31.0 Å². The SMILES string of the molecule is C=CC(=O)N1CC[C@H](N(C)C(=O)c2ccc(OC(F)(F)F)cn2)C1. The third kappa shape index (κ3) is 4.24. The van der Waals surface area contributed by atoms with Crippen LogP contribution >= 0.6 is 0 Å². The zero-order valence-corrected chi connectivity index (χ0v) is 12.9. The Balaban J connectivity index is 2.01. The lowest BCUT2D eigenvalue weighted by Crippen LogP contribution is -2.40. The van der Waals surface area contributed by atoms with E-state index in [-0.39, 0.29) is 17.6 Å². The van der Waals surface area contributed by atoms with Gasteiger partial charge in [-0.15, -0.1) is 13.2 Å². The average Bonchev–Trinajstić information content (AvgIpc) is 3.02. The lowest BCUT2D eigenvalue weighted by atomic mass is 10.2. The fraction of sp³-hybridized carbons (Fsp3) is 0.400. The second kappa shape index (κ2) is 6.90. The number of carbonyl (C=O) groups is 2. The van der Waals surface area contributed by atoms with Gasteiger partial charge in [-0.05, 0) is 24.6 Å². The normalized spacial score (nSPS) is 17.5. The fourth-order valence-electron chi connectivity index (χ4n) is 2.43. The number of likely N-dealkylation sites (tertiary alicyclic amines) is 1. The molecule has 24 heavy (non-hydrogen) atoms. The minimum atomic E-state index is -4.81. The van der Waals surface area contributed by atoms with Gasteiger partial charge in [-0.25, -0.2) is 4.98 Å². The summed E-state index contributed by atoms with van der Waals surface area (Å²) in [6.07, 6.45) is -2.14. The minimum absolute atomic E-state index is 0.000483. The topological polar surface area (TPSA) is 62.7 Å². The van der Waals surface area contributed by atoms with Gasteiger partial charge in [0.05, 0.1) is 12.2 Å². The average molecular weight is 343 g/mol. The lowest BCUT2D eigenvalue weighted by Gasteiger charge is -2.24. The Bertz CT molecular complexity index is 631. The van der Waals surface area contributed by atoms with Crippen molar-refractivity contribution in [3.05, 3.63) is 36.7 Å². The molecule has 2 rings (SSSR count). The van der Waals surface area contributed by atoms with E-state index in [1.807, 2.05) is 0 Å². The Morgan fingerprint density at radius 3 is 2.71 bits per heavy atom. The standard InChI is InChI=1S/C15H16F3N3O3/c1-3-13(22)21-7-6-10(9-21)20(2)14(23)12-5-4-11(8-19-12)24-15(16,17)18/h3-5,8,10H,1,6-7,9H2,2H3/t10-/m0/s1. The maximum atomic E-state index is 12.4. The molecule has 1 saturated heterocycles. The number of pyridine rings is 1. The van der Waals surface area contributed by atoms with Gasteiger partial charge in [0.1, 0.15) is 11.4 Å². The third-order valence-corrected chi connectivity index (χ3v) is 3.71. The van der Waals surface area contributed by atoms with Crippen LogP contribution in [0.25, 0.3) is 0 Å². The summed E-state index contributed by atoms with van der Waals surface area (Å²) in [6, 6.07) is 2.01.